The molecule has 0 aromatic carbocycles. The highest BCUT2D eigenvalue weighted by Crippen LogP contribution is 2.41. The molecule has 1 saturated carbocycles. The highest BCUT2D eigenvalue weighted by atomic mass is 16.7. The van der Waals surface area contributed by atoms with E-state index in [-0.39, 0.29) is 24.6 Å². The Hall–Kier alpha value is -1.12. The zero-order valence-corrected chi connectivity index (χ0v) is 13.2. The first-order valence-corrected chi connectivity index (χ1v) is 7.76. The maximum atomic E-state index is 12.0. The molecule has 2 fully saturated rings. The fraction of sp³-hybridized carbons (Fsp3) is 0.875. The minimum atomic E-state index is -0.577. The first kappa shape index (κ1) is 16.3. The summed E-state index contributed by atoms with van der Waals surface area (Å²) in [5.74, 6) is -0.829. The lowest BCUT2D eigenvalue weighted by molar-refractivity contribution is -0.313. The number of carbonyl (C=O) groups excluding carboxylic acids is 1. The minimum Gasteiger partial charge on any atom is -0.460 e. The van der Waals surface area contributed by atoms with Gasteiger partial charge in [-0.2, -0.15) is 5.26 Å². The van der Waals surface area contributed by atoms with Crippen LogP contribution in [0.3, 0.4) is 0 Å². The van der Waals surface area contributed by atoms with Crippen molar-refractivity contribution in [2.24, 2.45) is 0 Å². The molecule has 5 nitrogen and oxygen atoms in total. The van der Waals surface area contributed by atoms with Crippen LogP contribution in [-0.2, 0) is 19.0 Å². The lowest BCUT2D eigenvalue weighted by Crippen LogP contribution is -2.47. The molecule has 1 aliphatic heterocycles. The molecule has 21 heavy (non-hydrogen) atoms. The van der Waals surface area contributed by atoms with Crippen LogP contribution in [-0.4, -0.2) is 29.6 Å². The summed E-state index contributed by atoms with van der Waals surface area (Å²) < 4.78 is 17.4. The minimum absolute atomic E-state index is 0.144. The number of esters is 1. The Kier molecular flexibility index (Phi) is 4.90. The van der Waals surface area contributed by atoms with Gasteiger partial charge in [-0.15, -0.1) is 0 Å². The molecule has 0 aromatic rings. The van der Waals surface area contributed by atoms with E-state index in [4.69, 9.17) is 19.5 Å². The zero-order valence-electron chi connectivity index (χ0n) is 13.2. The van der Waals surface area contributed by atoms with Gasteiger partial charge in [-0.25, -0.2) is 0 Å². The second-order valence-electron chi connectivity index (χ2n) is 6.99. The van der Waals surface area contributed by atoms with E-state index in [0.717, 1.165) is 25.7 Å². The van der Waals surface area contributed by atoms with Crippen LogP contribution in [0.2, 0.25) is 0 Å². The summed E-state index contributed by atoms with van der Waals surface area (Å²) in [6.45, 7) is 5.56. The molecule has 2 atom stereocenters. The maximum Gasteiger partial charge on any atom is 0.308 e. The molecule has 1 aliphatic carbocycles. The van der Waals surface area contributed by atoms with Crippen LogP contribution in [0.25, 0.3) is 0 Å². The highest BCUT2D eigenvalue weighted by molar-refractivity contribution is 5.70. The van der Waals surface area contributed by atoms with E-state index >= 15 is 0 Å². The van der Waals surface area contributed by atoms with E-state index in [0.29, 0.717) is 12.8 Å². The van der Waals surface area contributed by atoms with E-state index in [1.165, 1.54) is 0 Å². The Bertz CT molecular complexity index is 415. The Morgan fingerprint density at radius 1 is 1.29 bits per heavy atom. The fourth-order valence-corrected chi connectivity index (χ4v) is 3.09. The SMILES string of the molecule is CC(C)(C)OC(=O)CC1CC(CC#N)OC2(CCCC2)O1. The maximum absolute atomic E-state index is 12.0. The van der Waals surface area contributed by atoms with Crippen molar-refractivity contribution in [1.29, 1.82) is 5.26 Å². The summed E-state index contributed by atoms with van der Waals surface area (Å²) in [4.78, 5) is 12.0. The largest absolute Gasteiger partial charge is 0.460 e. The monoisotopic (exact) mass is 295 g/mol. The van der Waals surface area contributed by atoms with Gasteiger partial charge in [0.15, 0.2) is 5.79 Å². The second kappa shape index (κ2) is 6.33. The van der Waals surface area contributed by atoms with Crippen molar-refractivity contribution >= 4 is 5.97 Å². The molecular formula is C16H25NO4. The predicted molar refractivity (Wildman–Crippen MR) is 76.3 cm³/mol. The van der Waals surface area contributed by atoms with E-state index in [1.807, 2.05) is 20.8 Å². The molecule has 0 bridgehead atoms. The zero-order chi connectivity index (χ0) is 15.5. The normalized spacial score (nSPS) is 28.3. The van der Waals surface area contributed by atoms with Crippen molar-refractivity contribution in [1.82, 2.24) is 0 Å². The van der Waals surface area contributed by atoms with Crippen LogP contribution in [0.4, 0.5) is 0 Å². The van der Waals surface area contributed by atoms with Gasteiger partial charge in [-0.05, 0) is 33.6 Å². The standard InChI is InChI=1S/C16H25NO4/c1-15(2,3)21-14(18)11-13-10-12(6-9-17)19-16(20-13)7-4-5-8-16/h12-13H,4-8,10-11H2,1-3H3. The molecular weight excluding hydrogens is 270 g/mol. The van der Waals surface area contributed by atoms with Crippen LogP contribution in [0.1, 0.15) is 65.7 Å². The van der Waals surface area contributed by atoms with Crippen molar-refractivity contribution in [3.05, 3.63) is 0 Å². The summed E-state index contributed by atoms with van der Waals surface area (Å²) in [7, 11) is 0. The van der Waals surface area contributed by atoms with Crippen molar-refractivity contribution in [3.8, 4) is 6.07 Å². The molecule has 0 radical (unpaired) electrons. The van der Waals surface area contributed by atoms with E-state index in [9.17, 15) is 4.79 Å². The van der Waals surface area contributed by atoms with Crippen LogP contribution in [0.5, 0.6) is 0 Å². The van der Waals surface area contributed by atoms with Crippen molar-refractivity contribution in [3.63, 3.8) is 0 Å². The number of hydrogen-bond donors (Lipinski definition) is 0. The Labute approximate surface area is 126 Å². The molecule has 0 amide bonds. The number of ether oxygens (including phenoxy) is 3. The second-order valence-corrected chi connectivity index (χ2v) is 6.99. The average Bonchev–Trinajstić information content (AvgIpc) is 2.73. The van der Waals surface area contributed by atoms with Gasteiger partial charge in [0, 0.05) is 19.3 Å². The molecule has 1 saturated heterocycles. The van der Waals surface area contributed by atoms with E-state index in [2.05, 4.69) is 6.07 Å². The molecule has 5 heteroatoms. The summed E-state index contributed by atoms with van der Waals surface area (Å²) >= 11 is 0. The van der Waals surface area contributed by atoms with Crippen molar-refractivity contribution in [2.45, 2.75) is 89.3 Å². The van der Waals surface area contributed by atoms with Gasteiger partial charge in [0.25, 0.3) is 0 Å². The predicted octanol–water partition coefficient (Wildman–Crippen LogP) is 3.08. The molecule has 0 aromatic heterocycles. The van der Waals surface area contributed by atoms with Gasteiger partial charge in [0.05, 0.1) is 31.1 Å². The fourth-order valence-electron chi connectivity index (χ4n) is 3.09. The molecule has 1 heterocycles. The molecule has 2 unspecified atom stereocenters. The molecule has 0 N–H and O–H groups in total. The summed E-state index contributed by atoms with van der Waals surface area (Å²) in [5.41, 5.74) is -0.487. The lowest BCUT2D eigenvalue weighted by atomic mass is 10.0. The van der Waals surface area contributed by atoms with Crippen LogP contribution < -0.4 is 0 Å². The molecule has 1 spiro atoms. The first-order valence-electron chi connectivity index (χ1n) is 7.76. The van der Waals surface area contributed by atoms with E-state index in [1.54, 1.807) is 0 Å². The van der Waals surface area contributed by atoms with Gasteiger partial charge in [-0.1, -0.05) is 0 Å². The third-order valence-electron chi connectivity index (χ3n) is 3.79. The number of nitrogens with zero attached hydrogens (tertiary/aromatic N) is 1. The third kappa shape index (κ3) is 4.69. The third-order valence-corrected chi connectivity index (χ3v) is 3.79. The van der Waals surface area contributed by atoms with Gasteiger partial charge < -0.3 is 14.2 Å². The Morgan fingerprint density at radius 3 is 2.48 bits per heavy atom. The average molecular weight is 295 g/mol. The van der Waals surface area contributed by atoms with Crippen LogP contribution >= 0.6 is 0 Å². The first-order chi connectivity index (χ1) is 9.82. The van der Waals surface area contributed by atoms with Gasteiger partial charge in [0.2, 0.25) is 0 Å². The number of rotatable bonds is 3. The quantitative estimate of drug-likeness (QED) is 0.748. The van der Waals surface area contributed by atoms with Gasteiger partial charge >= 0.3 is 5.97 Å². The number of carbonyl (C=O) groups is 1. The lowest BCUT2D eigenvalue weighted by Gasteiger charge is -2.42. The van der Waals surface area contributed by atoms with Crippen LogP contribution in [0, 0.1) is 11.3 Å². The number of hydrogen-bond acceptors (Lipinski definition) is 5. The Morgan fingerprint density at radius 2 is 1.90 bits per heavy atom. The van der Waals surface area contributed by atoms with Gasteiger partial charge in [-0.3, -0.25) is 4.79 Å². The summed E-state index contributed by atoms with van der Waals surface area (Å²) in [6, 6.07) is 2.16. The summed E-state index contributed by atoms with van der Waals surface area (Å²) in [5, 5.41) is 8.91. The van der Waals surface area contributed by atoms with Crippen LogP contribution in [0.15, 0.2) is 0 Å². The topological polar surface area (TPSA) is 68.6 Å². The Balaban J connectivity index is 1.98. The van der Waals surface area contributed by atoms with Crippen molar-refractivity contribution < 1.29 is 19.0 Å². The molecule has 118 valence electrons. The highest BCUT2D eigenvalue weighted by Gasteiger charge is 2.45. The smallest absolute Gasteiger partial charge is 0.308 e. The number of nitriles is 1. The van der Waals surface area contributed by atoms with Crippen molar-refractivity contribution in [2.75, 3.05) is 0 Å². The van der Waals surface area contributed by atoms with Gasteiger partial charge in [0.1, 0.15) is 5.60 Å². The summed E-state index contributed by atoms with van der Waals surface area (Å²) in [6.07, 6.45) is 4.62. The van der Waals surface area contributed by atoms with E-state index < -0.39 is 11.4 Å². The molecule has 2 rings (SSSR count). The molecule has 2 aliphatic rings.